The Morgan fingerprint density at radius 3 is 2.29 bits per heavy atom. The molecule has 132 valence electrons. The van der Waals surface area contributed by atoms with Crippen LogP contribution in [0.4, 0.5) is 13.2 Å². The molecule has 0 saturated heterocycles. The van der Waals surface area contributed by atoms with Crippen LogP contribution in [0, 0.1) is 0 Å². The molecule has 0 unspecified atom stereocenters. The van der Waals surface area contributed by atoms with E-state index >= 15 is 0 Å². The summed E-state index contributed by atoms with van der Waals surface area (Å²) in [5.74, 6) is 1.26. The quantitative estimate of drug-likeness (QED) is 0.423. The van der Waals surface area contributed by atoms with E-state index in [1.165, 1.54) is 18.5 Å². The Hall–Kier alpha value is -1.85. The molecule has 0 fully saturated rings. The number of aromatic nitrogens is 3. The first-order valence-electron chi connectivity index (χ1n) is 6.83. The summed E-state index contributed by atoms with van der Waals surface area (Å²) in [6, 6.07) is 5.00. The molecule has 24 heavy (non-hydrogen) atoms. The standard InChI is InChI=1S/C14H17F3N6.HI/c1-18-13(20-8-12-21-9-22-23(12)2)19-7-10-3-5-11(6-4-10)14(15,16)17;/h3-6,9H,7-8H2,1-2H3,(H2,18,19,20);1H. The fourth-order valence-electron chi connectivity index (χ4n) is 1.86. The third-order valence-corrected chi connectivity index (χ3v) is 3.18. The monoisotopic (exact) mass is 454 g/mol. The van der Waals surface area contributed by atoms with Gasteiger partial charge in [-0.15, -0.1) is 24.0 Å². The van der Waals surface area contributed by atoms with Gasteiger partial charge in [0.1, 0.15) is 12.2 Å². The first kappa shape index (κ1) is 20.2. The van der Waals surface area contributed by atoms with Crippen molar-refractivity contribution in [3.05, 3.63) is 47.5 Å². The molecule has 0 atom stereocenters. The van der Waals surface area contributed by atoms with Crippen molar-refractivity contribution in [2.75, 3.05) is 7.05 Å². The number of aryl methyl sites for hydroxylation is 1. The summed E-state index contributed by atoms with van der Waals surface area (Å²) >= 11 is 0. The minimum absolute atomic E-state index is 0. The molecular formula is C14H18F3IN6. The number of rotatable bonds is 4. The van der Waals surface area contributed by atoms with Crippen molar-refractivity contribution in [3.63, 3.8) is 0 Å². The molecular weight excluding hydrogens is 436 g/mol. The van der Waals surface area contributed by atoms with Gasteiger partial charge in [-0.3, -0.25) is 9.67 Å². The molecule has 0 aliphatic rings. The van der Waals surface area contributed by atoms with Crippen LogP contribution in [0.3, 0.4) is 0 Å². The largest absolute Gasteiger partial charge is 0.416 e. The number of alkyl halides is 3. The van der Waals surface area contributed by atoms with Crippen molar-refractivity contribution in [1.29, 1.82) is 0 Å². The lowest BCUT2D eigenvalue weighted by atomic mass is 10.1. The summed E-state index contributed by atoms with van der Waals surface area (Å²) in [7, 11) is 3.39. The van der Waals surface area contributed by atoms with Gasteiger partial charge in [0, 0.05) is 20.6 Å². The van der Waals surface area contributed by atoms with Gasteiger partial charge in [0.05, 0.1) is 12.1 Å². The number of hydrogen-bond donors (Lipinski definition) is 2. The maximum Gasteiger partial charge on any atom is 0.416 e. The Kier molecular flexibility index (Phi) is 7.45. The third kappa shape index (κ3) is 5.65. The molecule has 2 rings (SSSR count). The third-order valence-electron chi connectivity index (χ3n) is 3.18. The Morgan fingerprint density at radius 1 is 1.17 bits per heavy atom. The molecule has 1 aromatic carbocycles. The van der Waals surface area contributed by atoms with Crippen LogP contribution in [-0.2, 0) is 26.3 Å². The molecule has 0 aliphatic carbocycles. The molecule has 2 aromatic rings. The van der Waals surface area contributed by atoms with Crippen LogP contribution < -0.4 is 10.6 Å². The predicted molar refractivity (Wildman–Crippen MR) is 94.9 cm³/mol. The minimum atomic E-state index is -4.32. The van der Waals surface area contributed by atoms with Crippen molar-refractivity contribution < 1.29 is 13.2 Å². The van der Waals surface area contributed by atoms with Crippen LogP contribution in [0.2, 0.25) is 0 Å². The fraction of sp³-hybridized carbons (Fsp3) is 0.357. The van der Waals surface area contributed by atoms with E-state index in [1.807, 2.05) is 0 Å². The first-order chi connectivity index (χ1) is 10.9. The van der Waals surface area contributed by atoms with E-state index in [0.29, 0.717) is 19.0 Å². The van der Waals surface area contributed by atoms with Gasteiger partial charge < -0.3 is 10.6 Å². The molecule has 0 spiro atoms. The number of guanidine groups is 1. The van der Waals surface area contributed by atoms with Crippen molar-refractivity contribution in [2.24, 2.45) is 12.0 Å². The summed E-state index contributed by atoms with van der Waals surface area (Å²) in [4.78, 5) is 8.12. The van der Waals surface area contributed by atoms with E-state index in [9.17, 15) is 13.2 Å². The maximum atomic E-state index is 12.5. The van der Waals surface area contributed by atoms with Gasteiger partial charge in [-0.05, 0) is 17.7 Å². The molecule has 10 heteroatoms. The van der Waals surface area contributed by atoms with E-state index in [4.69, 9.17) is 0 Å². The Bertz CT molecular complexity index is 666. The number of nitrogens with zero attached hydrogens (tertiary/aromatic N) is 4. The summed E-state index contributed by atoms with van der Waals surface area (Å²) in [6.45, 7) is 0.791. The smallest absolute Gasteiger partial charge is 0.352 e. The second kappa shape index (κ2) is 8.85. The van der Waals surface area contributed by atoms with Crippen molar-refractivity contribution in [3.8, 4) is 0 Å². The van der Waals surface area contributed by atoms with E-state index < -0.39 is 11.7 Å². The number of aliphatic imine (C=N–C) groups is 1. The number of halogens is 4. The van der Waals surface area contributed by atoms with Gasteiger partial charge in [-0.25, -0.2) is 4.98 Å². The van der Waals surface area contributed by atoms with Crippen molar-refractivity contribution in [2.45, 2.75) is 19.3 Å². The number of nitrogens with one attached hydrogen (secondary N) is 2. The zero-order chi connectivity index (χ0) is 16.9. The Labute approximate surface area is 154 Å². The molecule has 0 aliphatic heterocycles. The maximum absolute atomic E-state index is 12.5. The van der Waals surface area contributed by atoms with E-state index in [0.717, 1.165) is 23.5 Å². The zero-order valence-electron chi connectivity index (χ0n) is 13.1. The van der Waals surface area contributed by atoms with E-state index in [2.05, 4.69) is 25.7 Å². The molecule has 0 radical (unpaired) electrons. The molecule has 0 saturated carbocycles. The van der Waals surface area contributed by atoms with Gasteiger partial charge in [0.25, 0.3) is 0 Å². The van der Waals surface area contributed by atoms with Crippen LogP contribution in [-0.4, -0.2) is 27.8 Å². The highest BCUT2D eigenvalue weighted by Gasteiger charge is 2.29. The van der Waals surface area contributed by atoms with E-state index in [-0.39, 0.29) is 24.0 Å². The topological polar surface area (TPSA) is 67.1 Å². The highest BCUT2D eigenvalue weighted by Crippen LogP contribution is 2.28. The van der Waals surface area contributed by atoms with E-state index in [1.54, 1.807) is 18.8 Å². The van der Waals surface area contributed by atoms with Crippen molar-refractivity contribution >= 4 is 29.9 Å². The average molecular weight is 454 g/mol. The number of hydrogen-bond acceptors (Lipinski definition) is 3. The lowest BCUT2D eigenvalue weighted by Gasteiger charge is -2.12. The van der Waals surface area contributed by atoms with Crippen molar-refractivity contribution in [1.82, 2.24) is 25.4 Å². The highest BCUT2D eigenvalue weighted by molar-refractivity contribution is 14.0. The summed E-state index contributed by atoms with van der Waals surface area (Å²) in [6.07, 6.45) is -2.87. The Balaban J connectivity index is 0.00000288. The predicted octanol–water partition coefficient (Wildman–Crippen LogP) is 2.32. The van der Waals surface area contributed by atoms with Gasteiger partial charge in [0.2, 0.25) is 0 Å². The minimum Gasteiger partial charge on any atom is -0.352 e. The van der Waals surface area contributed by atoms with Gasteiger partial charge in [-0.1, -0.05) is 12.1 Å². The van der Waals surface area contributed by atoms with Gasteiger partial charge in [0.15, 0.2) is 5.96 Å². The normalized spacial score (nSPS) is 11.8. The SMILES string of the molecule is CN=C(NCc1ccc(C(F)(F)F)cc1)NCc1ncnn1C.I. The molecule has 0 bridgehead atoms. The lowest BCUT2D eigenvalue weighted by molar-refractivity contribution is -0.137. The molecule has 2 N–H and O–H groups in total. The Morgan fingerprint density at radius 2 is 1.79 bits per heavy atom. The highest BCUT2D eigenvalue weighted by atomic mass is 127. The van der Waals surface area contributed by atoms with Crippen LogP contribution in [0.15, 0.2) is 35.6 Å². The lowest BCUT2D eigenvalue weighted by Crippen LogP contribution is -2.36. The van der Waals surface area contributed by atoms with Crippen LogP contribution >= 0.6 is 24.0 Å². The zero-order valence-corrected chi connectivity index (χ0v) is 15.5. The molecule has 6 nitrogen and oxygen atoms in total. The second-order valence-corrected chi connectivity index (χ2v) is 4.77. The summed E-state index contributed by atoms with van der Waals surface area (Å²) in [5.41, 5.74) is 0.0608. The average Bonchev–Trinajstić information content (AvgIpc) is 2.92. The molecule has 1 aromatic heterocycles. The van der Waals surface area contributed by atoms with Crippen LogP contribution in [0.5, 0.6) is 0 Å². The second-order valence-electron chi connectivity index (χ2n) is 4.77. The first-order valence-corrected chi connectivity index (χ1v) is 6.83. The van der Waals surface area contributed by atoms with Gasteiger partial charge in [-0.2, -0.15) is 18.3 Å². The summed E-state index contributed by atoms with van der Waals surface area (Å²) < 4.78 is 39.1. The van der Waals surface area contributed by atoms with Crippen LogP contribution in [0.25, 0.3) is 0 Å². The molecule has 1 heterocycles. The summed E-state index contributed by atoms with van der Waals surface area (Å²) in [5, 5.41) is 10.0. The van der Waals surface area contributed by atoms with Gasteiger partial charge >= 0.3 is 6.18 Å². The molecule has 0 amide bonds. The van der Waals surface area contributed by atoms with Crippen LogP contribution in [0.1, 0.15) is 17.0 Å². The fourth-order valence-corrected chi connectivity index (χ4v) is 1.86. The number of benzene rings is 1.